The van der Waals surface area contributed by atoms with Gasteiger partial charge >= 0.3 is 77.9 Å². The molecular weight excluding hydrogens is 718 g/mol. The van der Waals surface area contributed by atoms with E-state index in [1.807, 2.05) is 49.1 Å². The van der Waals surface area contributed by atoms with E-state index in [1.54, 1.807) is 24.3 Å². The van der Waals surface area contributed by atoms with Gasteiger partial charge in [0.1, 0.15) is 0 Å². The fourth-order valence-corrected chi connectivity index (χ4v) is 3.66. The monoisotopic (exact) mass is 744 g/mol. The number of methoxy groups -OCH3 is 2. The summed E-state index contributed by atoms with van der Waals surface area (Å²) in [5, 5.41) is 0. The number of nitrogens with zero attached hydrogens (tertiary/aromatic N) is 2. The predicted molar refractivity (Wildman–Crippen MR) is 153 cm³/mol. The van der Waals surface area contributed by atoms with Crippen molar-refractivity contribution in [2.75, 3.05) is 14.2 Å². The van der Waals surface area contributed by atoms with Crippen molar-refractivity contribution in [2.45, 2.75) is 13.1 Å². The van der Waals surface area contributed by atoms with Gasteiger partial charge in [-0.2, -0.15) is 0 Å². The summed E-state index contributed by atoms with van der Waals surface area (Å²) in [6.45, 7) is 1.43. The Hall–Kier alpha value is -4.30. The molecular formula is C28H26F12N2O4P2. The number of hydrogen-bond acceptors (Lipinski definition) is 4. The van der Waals surface area contributed by atoms with E-state index in [1.165, 1.54) is 14.2 Å². The third kappa shape index (κ3) is 19.4. The number of benzene rings is 2. The van der Waals surface area contributed by atoms with Crippen LogP contribution in [-0.4, -0.2) is 26.2 Å². The summed E-state index contributed by atoms with van der Waals surface area (Å²) < 4.78 is 132. The number of hydrogen-bond donors (Lipinski definition) is 0. The Morgan fingerprint density at radius 2 is 0.708 bits per heavy atom. The van der Waals surface area contributed by atoms with Crippen LogP contribution < -0.4 is 9.13 Å². The first-order valence-electron chi connectivity index (χ1n) is 12.9. The molecule has 4 rings (SSSR count). The molecule has 0 aliphatic carbocycles. The number of ether oxygens (including phenoxy) is 2. The van der Waals surface area contributed by atoms with Crippen LogP contribution in [0, 0.1) is 0 Å². The van der Waals surface area contributed by atoms with Gasteiger partial charge in [-0.1, -0.05) is 24.3 Å². The van der Waals surface area contributed by atoms with Gasteiger partial charge in [-0.3, -0.25) is 0 Å². The molecule has 0 amide bonds. The number of esters is 2. The van der Waals surface area contributed by atoms with Gasteiger partial charge in [-0.05, 0) is 35.4 Å². The summed E-state index contributed by atoms with van der Waals surface area (Å²) in [4.78, 5) is 23.1. The summed E-state index contributed by atoms with van der Waals surface area (Å²) in [5.41, 5.74) is 5.56. The van der Waals surface area contributed by atoms with Crippen LogP contribution in [0.3, 0.4) is 0 Å². The summed E-state index contributed by atoms with van der Waals surface area (Å²) >= 11 is 0. The molecule has 0 saturated heterocycles. The van der Waals surface area contributed by atoms with Crippen molar-refractivity contribution in [3.8, 4) is 11.1 Å². The van der Waals surface area contributed by atoms with Crippen molar-refractivity contribution in [2.24, 2.45) is 0 Å². The van der Waals surface area contributed by atoms with Crippen molar-refractivity contribution in [3.05, 3.63) is 120 Å². The van der Waals surface area contributed by atoms with Gasteiger partial charge in [-0.25, -0.2) is 18.7 Å². The second-order valence-electron chi connectivity index (χ2n) is 9.81. The second-order valence-corrected chi connectivity index (χ2v) is 13.6. The second kappa shape index (κ2) is 13.0. The molecule has 0 bridgehead atoms. The fraction of sp³-hybridized carbons (Fsp3) is 0.143. The van der Waals surface area contributed by atoms with Crippen molar-refractivity contribution < 1.29 is 78.6 Å². The number of rotatable bonds is 7. The van der Waals surface area contributed by atoms with E-state index < -0.39 is 15.6 Å². The first-order valence-corrected chi connectivity index (χ1v) is 17.0. The van der Waals surface area contributed by atoms with Crippen LogP contribution in [0.25, 0.3) is 11.1 Å². The van der Waals surface area contributed by atoms with Crippen LogP contribution in [0.1, 0.15) is 31.8 Å². The van der Waals surface area contributed by atoms with Crippen LogP contribution >= 0.6 is 15.6 Å². The predicted octanol–water partition coefficient (Wildman–Crippen LogP) is 10.4. The minimum absolute atomic E-state index is 0.329. The van der Waals surface area contributed by atoms with Crippen LogP contribution in [-0.2, 0) is 22.6 Å². The number of halogens is 12. The van der Waals surface area contributed by atoms with E-state index >= 15 is 0 Å². The minimum atomic E-state index is -10.7. The summed E-state index contributed by atoms with van der Waals surface area (Å²) in [7, 11) is -18.6. The Kier molecular flexibility index (Phi) is 10.8. The van der Waals surface area contributed by atoms with Crippen LogP contribution in [0.2, 0.25) is 0 Å². The fourth-order valence-electron chi connectivity index (χ4n) is 3.66. The quantitative estimate of drug-likeness (QED) is 0.0818. The van der Waals surface area contributed by atoms with E-state index in [-0.39, 0.29) is 11.9 Å². The standard InChI is InChI=1S/C28H26N2O4.2F6P/c1-33-27(31)25-7-3-21(4-8-25)19-29-15-11-23(12-16-29)24-13-17-30(18-14-24)20-22-5-9-26(10-6-22)28(32)34-2;2*1-7(2,3,4,5)6/h3-18H,19-20H2,1-2H3;;/q+2;2*-1. The van der Waals surface area contributed by atoms with E-state index in [0.29, 0.717) is 24.2 Å². The zero-order valence-corrected chi connectivity index (χ0v) is 26.4. The molecule has 4 aromatic rings. The SMILES string of the molecule is COC(=O)c1ccc(C[n+]2ccc(-c3cc[n+](Cc4ccc(C(=O)OC)cc4)cc3)cc2)cc1.F[P-](F)(F)(F)(F)F.F[P-](F)(F)(F)(F)F. The van der Waals surface area contributed by atoms with Crippen LogP contribution in [0.5, 0.6) is 0 Å². The third-order valence-electron chi connectivity index (χ3n) is 5.60. The number of pyridine rings is 2. The first-order chi connectivity index (χ1) is 21.4. The molecule has 2 aromatic heterocycles. The van der Waals surface area contributed by atoms with Gasteiger partial charge in [-0.15, -0.1) is 0 Å². The number of carbonyl (C=O) groups is 2. The van der Waals surface area contributed by atoms with Gasteiger partial charge in [0.2, 0.25) is 0 Å². The number of aromatic nitrogens is 2. The van der Waals surface area contributed by atoms with Gasteiger partial charge in [0.15, 0.2) is 37.9 Å². The van der Waals surface area contributed by atoms with Crippen molar-refractivity contribution in [1.82, 2.24) is 0 Å². The average Bonchev–Trinajstić information content (AvgIpc) is 2.95. The van der Waals surface area contributed by atoms with Crippen LogP contribution in [0.15, 0.2) is 97.6 Å². The molecule has 2 heterocycles. The van der Waals surface area contributed by atoms with Gasteiger partial charge < -0.3 is 9.47 Å². The van der Waals surface area contributed by atoms with Gasteiger partial charge in [0.25, 0.3) is 0 Å². The maximum absolute atomic E-state index is 11.6. The zero-order valence-electron chi connectivity index (χ0n) is 24.6. The van der Waals surface area contributed by atoms with Gasteiger partial charge in [0.05, 0.1) is 25.3 Å². The zero-order chi connectivity index (χ0) is 36.7. The summed E-state index contributed by atoms with van der Waals surface area (Å²) in [6.07, 6.45) is 8.20. The molecule has 2 aromatic carbocycles. The molecule has 0 unspecified atom stereocenters. The maximum atomic E-state index is 11.6. The van der Waals surface area contributed by atoms with E-state index in [4.69, 9.17) is 9.47 Å². The molecule has 6 nitrogen and oxygen atoms in total. The normalized spacial score (nSPS) is 14.2. The molecule has 0 saturated carbocycles. The van der Waals surface area contributed by atoms with Crippen molar-refractivity contribution >= 4 is 27.6 Å². The first kappa shape index (κ1) is 39.9. The van der Waals surface area contributed by atoms with E-state index in [9.17, 15) is 60.0 Å². The van der Waals surface area contributed by atoms with Gasteiger partial charge in [0, 0.05) is 35.4 Å². The third-order valence-corrected chi connectivity index (χ3v) is 5.60. The molecule has 0 N–H and O–H groups in total. The Balaban J connectivity index is 0.000000479. The molecule has 0 atom stereocenters. The molecule has 266 valence electrons. The van der Waals surface area contributed by atoms with Crippen molar-refractivity contribution in [1.29, 1.82) is 0 Å². The molecule has 0 aliphatic heterocycles. The molecule has 0 fully saturated rings. The average molecular weight is 744 g/mol. The Labute approximate surface area is 264 Å². The Bertz CT molecular complexity index is 1560. The topological polar surface area (TPSA) is 60.4 Å². The molecule has 0 spiro atoms. The molecule has 0 radical (unpaired) electrons. The van der Waals surface area contributed by atoms with Crippen molar-refractivity contribution in [3.63, 3.8) is 0 Å². The van der Waals surface area contributed by atoms with E-state index in [2.05, 4.69) is 33.4 Å². The summed E-state index contributed by atoms with van der Waals surface area (Å²) in [5.74, 6) is -0.659. The Morgan fingerprint density at radius 1 is 0.479 bits per heavy atom. The van der Waals surface area contributed by atoms with E-state index in [0.717, 1.165) is 22.3 Å². The van der Waals surface area contributed by atoms with Crippen LogP contribution in [0.4, 0.5) is 50.4 Å². The summed E-state index contributed by atoms with van der Waals surface area (Å²) in [6, 6.07) is 23.2. The molecule has 0 aliphatic rings. The Morgan fingerprint density at radius 3 is 0.917 bits per heavy atom. The molecule has 20 heteroatoms. The molecule has 48 heavy (non-hydrogen) atoms. The number of carbonyl (C=O) groups excluding carboxylic acids is 2.